The van der Waals surface area contributed by atoms with Crippen LogP contribution >= 0.6 is 15.9 Å². The molecule has 0 radical (unpaired) electrons. The Hall–Kier alpha value is -1.95. The van der Waals surface area contributed by atoms with E-state index in [1.165, 1.54) is 6.07 Å². The van der Waals surface area contributed by atoms with Gasteiger partial charge in [-0.3, -0.25) is 10.1 Å². The van der Waals surface area contributed by atoms with Crippen LogP contribution in [0.25, 0.3) is 0 Å². The molecule has 0 spiro atoms. The molecule has 2 aromatic carbocycles. The molecule has 0 saturated carbocycles. The van der Waals surface area contributed by atoms with Gasteiger partial charge in [0.05, 0.1) is 4.92 Å². The van der Waals surface area contributed by atoms with Crippen molar-refractivity contribution in [2.75, 3.05) is 0 Å². The first-order chi connectivity index (χ1) is 9.60. The molecule has 0 aliphatic carbocycles. The van der Waals surface area contributed by atoms with Gasteiger partial charge in [0.15, 0.2) is 0 Å². The van der Waals surface area contributed by atoms with Crippen LogP contribution in [0.4, 0.5) is 10.1 Å². The minimum Gasteiger partial charge on any atom is -0.489 e. The van der Waals surface area contributed by atoms with Crippen molar-refractivity contribution in [3.05, 3.63) is 69.5 Å². The van der Waals surface area contributed by atoms with Gasteiger partial charge in [0.25, 0.3) is 0 Å². The third-order valence-corrected chi connectivity index (χ3v) is 3.34. The van der Waals surface area contributed by atoms with Crippen LogP contribution < -0.4 is 4.74 Å². The average molecular weight is 340 g/mol. The second-order valence-corrected chi connectivity index (χ2v) is 4.67. The van der Waals surface area contributed by atoms with E-state index in [1.54, 1.807) is 0 Å². The number of ether oxygens (including phenoxy) is 1. The second-order valence-electron chi connectivity index (χ2n) is 4.11. The highest BCUT2D eigenvalue weighted by atomic mass is 79.9. The van der Waals surface area contributed by atoms with E-state index >= 15 is 0 Å². The van der Waals surface area contributed by atoms with Crippen molar-refractivity contribution >= 4 is 21.6 Å². The molecular formula is C14H11BrFNO3. The lowest BCUT2D eigenvalue weighted by molar-refractivity contribution is -0.387. The summed E-state index contributed by atoms with van der Waals surface area (Å²) >= 11 is 3.35. The maximum absolute atomic E-state index is 13.4. The lowest BCUT2D eigenvalue weighted by Crippen LogP contribution is -1.98. The van der Waals surface area contributed by atoms with Crippen LogP contribution in [-0.2, 0) is 11.9 Å². The molecule has 104 valence electrons. The van der Waals surface area contributed by atoms with E-state index in [9.17, 15) is 14.5 Å². The molecule has 2 rings (SSSR count). The molecule has 0 heterocycles. The lowest BCUT2D eigenvalue weighted by atomic mass is 10.2. The van der Waals surface area contributed by atoms with Crippen molar-refractivity contribution in [2.45, 2.75) is 11.9 Å². The third-order valence-electron chi connectivity index (χ3n) is 2.69. The minimum atomic E-state index is -0.856. The SMILES string of the molecule is O=[N+]([O-])c1ccc(COc2ccc(CBr)cc2)cc1F. The van der Waals surface area contributed by atoms with Gasteiger partial charge in [-0.25, -0.2) is 0 Å². The summed E-state index contributed by atoms with van der Waals surface area (Å²) in [6, 6.07) is 11.2. The second kappa shape index (κ2) is 6.47. The molecular weight excluding hydrogens is 329 g/mol. The van der Waals surface area contributed by atoms with Crippen LogP contribution in [0, 0.1) is 15.9 Å². The van der Waals surface area contributed by atoms with Crippen molar-refractivity contribution in [2.24, 2.45) is 0 Å². The van der Waals surface area contributed by atoms with E-state index in [4.69, 9.17) is 4.74 Å². The molecule has 0 N–H and O–H groups in total. The van der Waals surface area contributed by atoms with Crippen molar-refractivity contribution in [1.29, 1.82) is 0 Å². The highest BCUT2D eigenvalue weighted by Gasteiger charge is 2.13. The molecule has 0 unspecified atom stereocenters. The Kier molecular flexibility index (Phi) is 4.68. The van der Waals surface area contributed by atoms with E-state index in [0.29, 0.717) is 11.3 Å². The summed E-state index contributed by atoms with van der Waals surface area (Å²) in [4.78, 5) is 9.75. The number of nitrogens with zero attached hydrogens (tertiary/aromatic N) is 1. The number of benzene rings is 2. The van der Waals surface area contributed by atoms with Crippen LogP contribution in [0.1, 0.15) is 11.1 Å². The Morgan fingerprint density at radius 1 is 1.15 bits per heavy atom. The van der Waals surface area contributed by atoms with Crippen molar-refractivity contribution in [1.82, 2.24) is 0 Å². The fraction of sp³-hybridized carbons (Fsp3) is 0.143. The first kappa shape index (κ1) is 14.5. The molecule has 0 bridgehead atoms. The Bertz CT molecular complexity index is 616. The zero-order chi connectivity index (χ0) is 14.5. The van der Waals surface area contributed by atoms with Gasteiger partial charge < -0.3 is 4.74 Å². The summed E-state index contributed by atoms with van der Waals surface area (Å²) in [5.41, 5.74) is 1.13. The van der Waals surface area contributed by atoms with Crippen LogP contribution in [-0.4, -0.2) is 4.92 Å². The third kappa shape index (κ3) is 3.54. The van der Waals surface area contributed by atoms with Gasteiger partial charge >= 0.3 is 5.69 Å². The van der Waals surface area contributed by atoms with Crippen molar-refractivity contribution in [3.8, 4) is 5.75 Å². The summed E-state index contributed by atoms with van der Waals surface area (Å²) in [6.45, 7) is 0.155. The summed E-state index contributed by atoms with van der Waals surface area (Å²) in [6.07, 6.45) is 0. The normalized spacial score (nSPS) is 10.3. The topological polar surface area (TPSA) is 52.4 Å². The molecule has 0 aliphatic rings. The molecule has 0 fully saturated rings. The number of rotatable bonds is 5. The number of hydrogen-bond donors (Lipinski definition) is 0. The Morgan fingerprint density at radius 2 is 1.80 bits per heavy atom. The molecule has 6 heteroatoms. The van der Waals surface area contributed by atoms with Gasteiger partial charge in [0.1, 0.15) is 12.4 Å². The van der Waals surface area contributed by atoms with Gasteiger partial charge in [-0.15, -0.1) is 0 Å². The molecule has 0 amide bonds. The summed E-state index contributed by atoms with van der Waals surface area (Å²) in [5, 5.41) is 11.3. The maximum Gasteiger partial charge on any atom is 0.304 e. The summed E-state index contributed by atoms with van der Waals surface area (Å²) in [5.74, 6) is -0.195. The standard InChI is InChI=1S/C14H11BrFNO3/c15-8-10-1-4-12(5-2-10)20-9-11-3-6-14(17(18)19)13(16)7-11/h1-7H,8-9H2. The largest absolute Gasteiger partial charge is 0.489 e. The maximum atomic E-state index is 13.4. The predicted molar refractivity (Wildman–Crippen MR) is 76.5 cm³/mol. The van der Waals surface area contributed by atoms with Gasteiger partial charge in [0.2, 0.25) is 5.82 Å². The number of nitro benzene ring substituents is 1. The first-order valence-electron chi connectivity index (χ1n) is 5.80. The lowest BCUT2D eigenvalue weighted by Gasteiger charge is -2.07. The fourth-order valence-electron chi connectivity index (χ4n) is 1.63. The van der Waals surface area contributed by atoms with E-state index in [1.807, 2.05) is 24.3 Å². The zero-order valence-electron chi connectivity index (χ0n) is 10.4. The zero-order valence-corrected chi connectivity index (χ0v) is 12.0. The Labute approximate surface area is 123 Å². The van der Waals surface area contributed by atoms with E-state index in [2.05, 4.69) is 15.9 Å². The van der Waals surface area contributed by atoms with Gasteiger partial charge in [-0.2, -0.15) is 4.39 Å². The fourth-order valence-corrected chi connectivity index (χ4v) is 2.00. The smallest absolute Gasteiger partial charge is 0.304 e. The number of alkyl halides is 1. The van der Waals surface area contributed by atoms with E-state index in [0.717, 1.165) is 23.0 Å². The monoisotopic (exact) mass is 339 g/mol. The molecule has 0 aliphatic heterocycles. The Balaban J connectivity index is 2.03. The molecule has 0 saturated heterocycles. The molecule has 4 nitrogen and oxygen atoms in total. The van der Waals surface area contributed by atoms with Crippen LogP contribution in [0.15, 0.2) is 42.5 Å². The molecule has 2 aromatic rings. The molecule has 0 atom stereocenters. The van der Waals surface area contributed by atoms with Crippen molar-refractivity contribution in [3.63, 3.8) is 0 Å². The van der Waals surface area contributed by atoms with Gasteiger partial charge in [0, 0.05) is 11.4 Å². The van der Waals surface area contributed by atoms with Crippen LogP contribution in [0.2, 0.25) is 0 Å². The predicted octanol–water partition coefficient (Wildman–Crippen LogP) is 4.21. The average Bonchev–Trinajstić information content (AvgIpc) is 2.45. The van der Waals surface area contributed by atoms with Gasteiger partial charge in [-0.05, 0) is 35.4 Å². The van der Waals surface area contributed by atoms with Crippen LogP contribution in [0.5, 0.6) is 5.75 Å². The minimum absolute atomic E-state index is 0.155. The quantitative estimate of drug-likeness (QED) is 0.465. The molecule has 0 aromatic heterocycles. The number of halogens is 2. The highest BCUT2D eigenvalue weighted by molar-refractivity contribution is 9.08. The van der Waals surface area contributed by atoms with E-state index in [-0.39, 0.29) is 6.61 Å². The number of hydrogen-bond acceptors (Lipinski definition) is 3. The van der Waals surface area contributed by atoms with Crippen molar-refractivity contribution < 1.29 is 14.1 Å². The van der Waals surface area contributed by atoms with Crippen LogP contribution in [0.3, 0.4) is 0 Å². The first-order valence-corrected chi connectivity index (χ1v) is 6.93. The molecule has 20 heavy (non-hydrogen) atoms. The highest BCUT2D eigenvalue weighted by Crippen LogP contribution is 2.20. The Morgan fingerprint density at radius 3 is 2.35 bits per heavy atom. The van der Waals surface area contributed by atoms with E-state index < -0.39 is 16.4 Å². The summed E-state index contributed by atoms with van der Waals surface area (Å²) < 4.78 is 18.9. The van der Waals surface area contributed by atoms with Gasteiger partial charge in [-0.1, -0.05) is 28.1 Å². The number of nitro groups is 1. The summed E-state index contributed by atoms with van der Waals surface area (Å²) in [7, 11) is 0.